The third-order valence-corrected chi connectivity index (χ3v) is 3.58. The van der Waals surface area contributed by atoms with Gasteiger partial charge in [-0.1, -0.05) is 24.3 Å². The zero-order valence-corrected chi connectivity index (χ0v) is 12.7. The predicted octanol–water partition coefficient (Wildman–Crippen LogP) is 2.32. The molecule has 0 bridgehead atoms. The van der Waals surface area contributed by atoms with Crippen molar-refractivity contribution < 1.29 is 19.4 Å². The average molecular weight is 301 g/mol. The number of hydrogen-bond donors (Lipinski definition) is 1. The number of carbonyl (C=O) groups is 2. The molecule has 0 aromatic heterocycles. The topological polar surface area (TPSA) is 66.8 Å². The number of nitrogens with zero attached hydrogens (tertiary/aromatic N) is 1. The van der Waals surface area contributed by atoms with Crippen molar-refractivity contribution in [2.45, 2.75) is 13.3 Å². The molecule has 5 nitrogen and oxygen atoms in total. The van der Waals surface area contributed by atoms with Crippen LogP contribution in [0.1, 0.15) is 12.5 Å². The lowest BCUT2D eigenvalue weighted by Gasteiger charge is -2.19. The number of carboxylic acid groups (broad SMARTS) is 1. The molecule has 2 aromatic carbocycles. The maximum absolute atomic E-state index is 12.3. The van der Waals surface area contributed by atoms with Crippen molar-refractivity contribution in [1.29, 1.82) is 0 Å². The Kier molecular flexibility index (Phi) is 4.99. The molecule has 0 aliphatic carbocycles. The highest BCUT2D eigenvalue weighted by Crippen LogP contribution is 2.24. The number of ether oxygens (including phenoxy) is 1. The Morgan fingerprint density at radius 1 is 1.23 bits per heavy atom. The summed E-state index contributed by atoms with van der Waals surface area (Å²) in [4.78, 5) is 24.5. The number of likely N-dealkylation sites (N-methyl/N-ethyl adjacent to an activating group) is 1. The highest BCUT2D eigenvalue weighted by Gasteiger charge is 2.16. The van der Waals surface area contributed by atoms with E-state index in [2.05, 4.69) is 0 Å². The fourth-order valence-corrected chi connectivity index (χ4v) is 2.41. The van der Waals surface area contributed by atoms with Gasteiger partial charge in [-0.15, -0.1) is 0 Å². The van der Waals surface area contributed by atoms with Crippen LogP contribution >= 0.6 is 0 Å². The van der Waals surface area contributed by atoms with Gasteiger partial charge in [-0.3, -0.25) is 9.59 Å². The Balaban J connectivity index is 2.30. The lowest BCUT2D eigenvalue weighted by atomic mass is 10.0. The number of benzene rings is 2. The maximum Gasteiger partial charge on any atom is 0.323 e. The quantitative estimate of drug-likeness (QED) is 0.889. The summed E-state index contributed by atoms with van der Waals surface area (Å²) in [6.07, 6.45) is 0.172. The Morgan fingerprint density at radius 2 is 2.00 bits per heavy atom. The first kappa shape index (κ1) is 15.8. The number of hydrogen-bond acceptors (Lipinski definition) is 3. The van der Waals surface area contributed by atoms with Crippen molar-refractivity contribution in [2.24, 2.45) is 0 Å². The Bertz CT molecular complexity index is 696. The van der Waals surface area contributed by atoms with E-state index in [4.69, 9.17) is 9.84 Å². The smallest absolute Gasteiger partial charge is 0.323 e. The third-order valence-electron chi connectivity index (χ3n) is 3.58. The number of rotatable bonds is 6. The molecular formula is C17H19NO4. The van der Waals surface area contributed by atoms with Gasteiger partial charge < -0.3 is 14.7 Å². The summed E-state index contributed by atoms with van der Waals surface area (Å²) in [6, 6.07) is 11.5. The van der Waals surface area contributed by atoms with Crippen LogP contribution in [0.3, 0.4) is 0 Å². The summed E-state index contributed by atoms with van der Waals surface area (Å²) in [7, 11) is 1.60. The molecule has 0 unspecified atom stereocenters. The summed E-state index contributed by atoms with van der Waals surface area (Å²) < 4.78 is 5.23. The minimum absolute atomic E-state index is 0.172. The Hall–Kier alpha value is -2.56. The van der Waals surface area contributed by atoms with Crippen LogP contribution in [0.5, 0.6) is 5.75 Å². The highest BCUT2D eigenvalue weighted by molar-refractivity contribution is 5.91. The lowest BCUT2D eigenvalue weighted by molar-refractivity contribution is -0.144. The minimum atomic E-state index is -1.00. The largest absolute Gasteiger partial charge is 0.497 e. The molecule has 2 rings (SSSR count). The summed E-state index contributed by atoms with van der Waals surface area (Å²) in [6.45, 7) is 1.87. The van der Waals surface area contributed by atoms with Gasteiger partial charge >= 0.3 is 5.97 Å². The van der Waals surface area contributed by atoms with Gasteiger partial charge in [0.25, 0.3) is 0 Å². The molecular weight excluding hydrogens is 282 g/mol. The molecule has 0 atom stereocenters. The molecule has 0 saturated heterocycles. The monoisotopic (exact) mass is 301 g/mol. The Morgan fingerprint density at radius 3 is 2.64 bits per heavy atom. The second-order valence-electron chi connectivity index (χ2n) is 4.98. The zero-order valence-electron chi connectivity index (χ0n) is 12.7. The standard InChI is InChI=1S/C17H19NO4/c1-3-18(11-17(20)21)16(19)9-13-6-4-5-12-7-8-14(22-2)10-15(12)13/h4-8,10H,3,9,11H2,1-2H3,(H,20,21). The normalized spacial score (nSPS) is 10.5. The van der Waals surface area contributed by atoms with E-state index in [0.29, 0.717) is 6.54 Å². The molecule has 0 saturated carbocycles. The Labute approximate surface area is 129 Å². The van der Waals surface area contributed by atoms with Crippen molar-refractivity contribution in [3.63, 3.8) is 0 Å². The predicted molar refractivity (Wildman–Crippen MR) is 84.1 cm³/mol. The summed E-state index contributed by atoms with van der Waals surface area (Å²) >= 11 is 0. The minimum Gasteiger partial charge on any atom is -0.497 e. The van der Waals surface area contributed by atoms with Gasteiger partial charge in [-0.2, -0.15) is 0 Å². The third kappa shape index (κ3) is 3.55. The van der Waals surface area contributed by atoms with Gasteiger partial charge in [0.05, 0.1) is 13.5 Å². The lowest BCUT2D eigenvalue weighted by Crippen LogP contribution is -2.36. The molecule has 1 amide bonds. The molecule has 0 spiro atoms. The second kappa shape index (κ2) is 6.93. The SMILES string of the molecule is CCN(CC(=O)O)C(=O)Cc1cccc2ccc(OC)cc12. The van der Waals surface area contributed by atoms with Crippen LogP contribution < -0.4 is 4.74 Å². The average Bonchev–Trinajstić information content (AvgIpc) is 2.52. The van der Waals surface area contributed by atoms with Gasteiger partial charge in [-0.05, 0) is 35.4 Å². The molecule has 5 heteroatoms. The van der Waals surface area contributed by atoms with E-state index in [1.807, 2.05) is 36.4 Å². The summed E-state index contributed by atoms with van der Waals surface area (Å²) in [5.74, 6) is -0.472. The zero-order chi connectivity index (χ0) is 16.1. The molecule has 1 N–H and O–H groups in total. The van der Waals surface area contributed by atoms with Gasteiger partial charge in [0.15, 0.2) is 0 Å². The molecule has 22 heavy (non-hydrogen) atoms. The molecule has 0 aliphatic rings. The van der Waals surface area contributed by atoms with Crippen molar-refractivity contribution in [1.82, 2.24) is 4.90 Å². The van der Waals surface area contributed by atoms with Crippen molar-refractivity contribution in [3.05, 3.63) is 42.0 Å². The van der Waals surface area contributed by atoms with E-state index in [9.17, 15) is 9.59 Å². The summed E-state index contributed by atoms with van der Waals surface area (Å²) in [5, 5.41) is 10.8. The molecule has 2 aromatic rings. The second-order valence-corrected chi connectivity index (χ2v) is 4.98. The highest BCUT2D eigenvalue weighted by atomic mass is 16.5. The van der Waals surface area contributed by atoms with Crippen LogP contribution in [0, 0.1) is 0 Å². The number of fused-ring (bicyclic) bond motifs is 1. The van der Waals surface area contributed by atoms with Gasteiger partial charge in [0.2, 0.25) is 5.91 Å². The van der Waals surface area contributed by atoms with E-state index >= 15 is 0 Å². The fraction of sp³-hybridized carbons (Fsp3) is 0.294. The van der Waals surface area contributed by atoms with Crippen LogP contribution in [0.2, 0.25) is 0 Å². The van der Waals surface area contributed by atoms with Crippen LogP contribution in [0.15, 0.2) is 36.4 Å². The molecule has 0 fully saturated rings. The van der Waals surface area contributed by atoms with E-state index in [-0.39, 0.29) is 18.9 Å². The first-order chi connectivity index (χ1) is 10.5. The van der Waals surface area contributed by atoms with Gasteiger partial charge in [-0.25, -0.2) is 0 Å². The van der Waals surface area contributed by atoms with E-state index < -0.39 is 5.97 Å². The fourth-order valence-electron chi connectivity index (χ4n) is 2.41. The van der Waals surface area contributed by atoms with Crippen LogP contribution in [-0.2, 0) is 16.0 Å². The number of aliphatic carboxylic acids is 1. The van der Waals surface area contributed by atoms with Crippen LogP contribution in [-0.4, -0.2) is 42.1 Å². The van der Waals surface area contributed by atoms with Crippen LogP contribution in [0.25, 0.3) is 10.8 Å². The summed E-state index contributed by atoms with van der Waals surface area (Å²) in [5.41, 5.74) is 0.866. The maximum atomic E-state index is 12.3. The van der Waals surface area contributed by atoms with Crippen LogP contribution in [0.4, 0.5) is 0 Å². The number of amides is 1. The first-order valence-electron chi connectivity index (χ1n) is 7.10. The number of carbonyl (C=O) groups excluding carboxylic acids is 1. The van der Waals surface area contributed by atoms with E-state index in [1.165, 1.54) is 4.90 Å². The van der Waals surface area contributed by atoms with Gasteiger partial charge in [0, 0.05) is 6.54 Å². The van der Waals surface area contributed by atoms with Crippen molar-refractivity contribution in [2.75, 3.05) is 20.2 Å². The first-order valence-corrected chi connectivity index (χ1v) is 7.10. The molecule has 0 heterocycles. The molecule has 116 valence electrons. The van der Waals surface area contributed by atoms with Crippen molar-refractivity contribution >= 4 is 22.6 Å². The number of carboxylic acids is 1. The molecule has 0 radical (unpaired) electrons. The number of methoxy groups -OCH3 is 1. The van der Waals surface area contributed by atoms with E-state index in [0.717, 1.165) is 22.1 Å². The van der Waals surface area contributed by atoms with E-state index in [1.54, 1.807) is 14.0 Å². The molecule has 0 aliphatic heterocycles. The van der Waals surface area contributed by atoms with Crippen molar-refractivity contribution in [3.8, 4) is 5.75 Å². The van der Waals surface area contributed by atoms with Gasteiger partial charge in [0.1, 0.15) is 12.3 Å².